The molecule has 1 aromatic rings. The summed E-state index contributed by atoms with van der Waals surface area (Å²) in [6, 6.07) is 6.44. The van der Waals surface area contributed by atoms with Crippen molar-refractivity contribution in [2.24, 2.45) is 5.92 Å². The third-order valence-corrected chi connectivity index (χ3v) is 4.17. The van der Waals surface area contributed by atoms with Gasteiger partial charge in [0.1, 0.15) is 6.04 Å². The van der Waals surface area contributed by atoms with Crippen molar-refractivity contribution in [1.29, 1.82) is 0 Å². The molecule has 130 valence electrons. The van der Waals surface area contributed by atoms with E-state index in [0.717, 1.165) is 0 Å². The van der Waals surface area contributed by atoms with Crippen LogP contribution in [0.3, 0.4) is 0 Å². The molecule has 1 heterocycles. The smallest absolute Gasteiger partial charge is 0.307 e. The van der Waals surface area contributed by atoms with E-state index in [2.05, 4.69) is 0 Å². The van der Waals surface area contributed by atoms with Crippen molar-refractivity contribution >= 4 is 23.5 Å². The molecule has 0 spiro atoms. The number of anilines is 1. The Bertz CT molecular complexity index is 642. The normalized spacial score (nSPS) is 17.8. The van der Waals surface area contributed by atoms with Crippen LogP contribution < -0.4 is 4.90 Å². The van der Waals surface area contributed by atoms with E-state index >= 15 is 0 Å². The highest BCUT2D eigenvalue weighted by atomic mass is 16.5. The highest BCUT2D eigenvalue weighted by Crippen LogP contribution is 2.29. The highest BCUT2D eigenvalue weighted by molar-refractivity contribution is 6.10. The van der Waals surface area contributed by atoms with Gasteiger partial charge in [-0.05, 0) is 25.0 Å². The van der Waals surface area contributed by atoms with Crippen molar-refractivity contribution < 1.29 is 19.1 Å². The molecular formula is C18H24N2O4. The first kappa shape index (κ1) is 18.0. The first-order valence-corrected chi connectivity index (χ1v) is 8.21. The molecule has 1 unspecified atom stereocenters. The van der Waals surface area contributed by atoms with Crippen LogP contribution >= 0.6 is 0 Å². The molecule has 0 radical (unpaired) electrons. The predicted octanol–water partition coefficient (Wildman–Crippen LogP) is 2.08. The standard InChI is InChI=1S/C18H24N2O4/c1-5-24-15(21)10-11-20-16(12(2)3)18(23)19(4)14-9-7-6-8-13(14)17(20)22/h6-9,12,16H,5,10-11H2,1-4H3. The van der Waals surface area contributed by atoms with E-state index in [1.165, 1.54) is 9.80 Å². The number of hydrogen-bond donors (Lipinski definition) is 0. The van der Waals surface area contributed by atoms with Crippen LogP contribution in [0.25, 0.3) is 0 Å². The average Bonchev–Trinajstić information content (AvgIpc) is 2.63. The van der Waals surface area contributed by atoms with Gasteiger partial charge in [-0.1, -0.05) is 26.0 Å². The number of benzene rings is 1. The zero-order valence-corrected chi connectivity index (χ0v) is 14.6. The van der Waals surface area contributed by atoms with E-state index in [4.69, 9.17) is 4.74 Å². The van der Waals surface area contributed by atoms with Crippen molar-refractivity contribution in [3.8, 4) is 0 Å². The molecule has 1 aromatic carbocycles. The summed E-state index contributed by atoms with van der Waals surface area (Å²) in [5.41, 5.74) is 1.07. The zero-order valence-electron chi connectivity index (χ0n) is 14.6. The molecule has 0 bridgehead atoms. The van der Waals surface area contributed by atoms with Crippen molar-refractivity contribution in [1.82, 2.24) is 4.90 Å². The number of fused-ring (bicyclic) bond motifs is 1. The summed E-state index contributed by atoms with van der Waals surface area (Å²) in [5, 5.41) is 0. The van der Waals surface area contributed by atoms with Gasteiger partial charge >= 0.3 is 5.97 Å². The van der Waals surface area contributed by atoms with E-state index in [1.807, 2.05) is 13.8 Å². The van der Waals surface area contributed by atoms with E-state index in [9.17, 15) is 14.4 Å². The molecule has 0 aliphatic carbocycles. The zero-order chi connectivity index (χ0) is 17.9. The molecule has 24 heavy (non-hydrogen) atoms. The van der Waals surface area contributed by atoms with Crippen LogP contribution in [0.15, 0.2) is 24.3 Å². The number of esters is 1. The Morgan fingerprint density at radius 1 is 1.25 bits per heavy atom. The molecule has 6 heteroatoms. The fraction of sp³-hybridized carbons (Fsp3) is 0.500. The quantitative estimate of drug-likeness (QED) is 0.774. The number of amides is 2. The Kier molecular flexibility index (Phi) is 5.59. The number of nitrogens with zero attached hydrogens (tertiary/aromatic N) is 2. The fourth-order valence-corrected chi connectivity index (χ4v) is 3.01. The van der Waals surface area contributed by atoms with Crippen LogP contribution in [0.1, 0.15) is 37.6 Å². The third kappa shape index (κ3) is 3.42. The van der Waals surface area contributed by atoms with Crippen LogP contribution in [0.4, 0.5) is 5.69 Å². The van der Waals surface area contributed by atoms with Crippen molar-refractivity contribution in [2.45, 2.75) is 33.2 Å². The maximum absolute atomic E-state index is 13.0. The summed E-state index contributed by atoms with van der Waals surface area (Å²) in [6.07, 6.45) is 0.0714. The SMILES string of the molecule is CCOC(=O)CCN1C(=O)c2ccccc2N(C)C(=O)C1C(C)C. The second-order valence-corrected chi connectivity index (χ2v) is 6.16. The molecule has 1 aliphatic heterocycles. The van der Waals surface area contributed by atoms with E-state index < -0.39 is 6.04 Å². The van der Waals surface area contributed by atoms with Crippen molar-refractivity contribution in [3.63, 3.8) is 0 Å². The minimum absolute atomic E-state index is 0.0691. The molecular weight excluding hydrogens is 308 g/mol. The number of ether oxygens (including phenoxy) is 1. The van der Waals surface area contributed by atoms with Gasteiger partial charge in [0.25, 0.3) is 5.91 Å². The Balaban J connectivity index is 2.39. The van der Waals surface area contributed by atoms with Crippen LogP contribution in [0.2, 0.25) is 0 Å². The molecule has 6 nitrogen and oxygen atoms in total. The van der Waals surface area contributed by atoms with Gasteiger partial charge < -0.3 is 14.5 Å². The number of rotatable bonds is 5. The van der Waals surface area contributed by atoms with Gasteiger partial charge in [-0.15, -0.1) is 0 Å². The summed E-state index contributed by atoms with van der Waals surface area (Å²) in [5.74, 6) is -0.815. The Morgan fingerprint density at radius 2 is 1.92 bits per heavy atom. The van der Waals surface area contributed by atoms with Gasteiger partial charge in [0.15, 0.2) is 0 Å². The lowest BCUT2D eigenvalue weighted by Gasteiger charge is -2.32. The van der Waals surface area contributed by atoms with Crippen LogP contribution in [0.5, 0.6) is 0 Å². The maximum Gasteiger partial charge on any atom is 0.307 e. The lowest BCUT2D eigenvalue weighted by atomic mass is 10.0. The summed E-state index contributed by atoms with van der Waals surface area (Å²) in [6.45, 7) is 5.99. The first-order valence-electron chi connectivity index (χ1n) is 8.21. The van der Waals surface area contributed by atoms with Crippen molar-refractivity contribution in [2.75, 3.05) is 25.1 Å². The molecule has 0 saturated heterocycles. The van der Waals surface area contributed by atoms with Crippen LogP contribution in [0, 0.1) is 5.92 Å². The number of hydrogen-bond acceptors (Lipinski definition) is 4. The number of para-hydroxylation sites is 1. The molecule has 1 atom stereocenters. The molecule has 0 N–H and O–H groups in total. The Morgan fingerprint density at radius 3 is 2.54 bits per heavy atom. The van der Waals surface area contributed by atoms with E-state index in [-0.39, 0.29) is 36.7 Å². The summed E-state index contributed by atoms with van der Waals surface area (Å²) >= 11 is 0. The van der Waals surface area contributed by atoms with Gasteiger partial charge in [-0.3, -0.25) is 14.4 Å². The maximum atomic E-state index is 13.0. The number of carbonyl (C=O) groups excluding carboxylic acids is 3. The summed E-state index contributed by atoms with van der Waals surface area (Å²) in [4.78, 5) is 40.6. The third-order valence-electron chi connectivity index (χ3n) is 4.17. The Labute approximate surface area is 142 Å². The fourth-order valence-electron chi connectivity index (χ4n) is 3.01. The highest BCUT2D eigenvalue weighted by Gasteiger charge is 2.39. The second-order valence-electron chi connectivity index (χ2n) is 6.16. The predicted molar refractivity (Wildman–Crippen MR) is 90.8 cm³/mol. The minimum Gasteiger partial charge on any atom is -0.466 e. The molecule has 2 rings (SSSR count). The summed E-state index contributed by atoms with van der Waals surface area (Å²) < 4.78 is 4.94. The molecule has 2 amide bonds. The van der Waals surface area contributed by atoms with Gasteiger partial charge in [0, 0.05) is 13.6 Å². The van der Waals surface area contributed by atoms with Gasteiger partial charge in [0.05, 0.1) is 24.3 Å². The lowest BCUT2D eigenvalue weighted by Crippen LogP contribution is -2.51. The molecule has 0 aromatic heterocycles. The summed E-state index contributed by atoms with van der Waals surface area (Å²) in [7, 11) is 1.68. The van der Waals surface area contributed by atoms with Crippen molar-refractivity contribution in [3.05, 3.63) is 29.8 Å². The number of likely N-dealkylation sites (N-methyl/N-ethyl adjacent to an activating group) is 1. The monoisotopic (exact) mass is 332 g/mol. The molecule has 0 saturated carbocycles. The van der Waals surface area contributed by atoms with Crippen LogP contribution in [-0.4, -0.2) is 48.9 Å². The Hall–Kier alpha value is -2.37. The second kappa shape index (κ2) is 7.47. The van der Waals surface area contributed by atoms with Gasteiger partial charge in [-0.2, -0.15) is 0 Å². The van der Waals surface area contributed by atoms with E-state index in [1.54, 1.807) is 38.2 Å². The molecule has 0 fully saturated rings. The molecule has 1 aliphatic rings. The number of carbonyl (C=O) groups is 3. The average molecular weight is 332 g/mol. The van der Waals surface area contributed by atoms with Gasteiger partial charge in [-0.25, -0.2) is 0 Å². The minimum atomic E-state index is -0.607. The lowest BCUT2D eigenvalue weighted by molar-refractivity contribution is -0.143. The van der Waals surface area contributed by atoms with Crippen LogP contribution in [-0.2, 0) is 14.3 Å². The van der Waals surface area contributed by atoms with Gasteiger partial charge in [0.2, 0.25) is 5.91 Å². The topological polar surface area (TPSA) is 66.9 Å². The first-order chi connectivity index (χ1) is 11.4. The largest absolute Gasteiger partial charge is 0.466 e. The van der Waals surface area contributed by atoms with E-state index in [0.29, 0.717) is 17.9 Å².